The summed E-state index contributed by atoms with van der Waals surface area (Å²) in [6.07, 6.45) is 2.31. The van der Waals surface area contributed by atoms with Crippen LogP contribution in [0.1, 0.15) is 51.4 Å². The van der Waals surface area contributed by atoms with E-state index >= 15 is 0 Å². The summed E-state index contributed by atoms with van der Waals surface area (Å²) in [7, 11) is 1.41. The Hall–Kier alpha value is -2.41. The van der Waals surface area contributed by atoms with Gasteiger partial charge in [0.2, 0.25) is 0 Å². The first-order valence-corrected chi connectivity index (χ1v) is 9.06. The van der Waals surface area contributed by atoms with E-state index in [9.17, 15) is 19.1 Å². The average molecular weight is 377 g/mol. The summed E-state index contributed by atoms with van der Waals surface area (Å²) in [6, 6.07) is 3.92. The van der Waals surface area contributed by atoms with Crippen molar-refractivity contribution in [2.45, 2.75) is 33.1 Å². The molecule has 1 heterocycles. The van der Waals surface area contributed by atoms with Crippen LogP contribution in [-0.4, -0.2) is 24.1 Å². The molecule has 0 radical (unpaired) electrons. The van der Waals surface area contributed by atoms with Gasteiger partial charge in [0.05, 0.1) is 18.2 Å². The third-order valence-electron chi connectivity index (χ3n) is 4.64. The molecule has 5 nitrogen and oxygen atoms in total. The number of carboxylic acids is 1. The van der Waals surface area contributed by atoms with Crippen LogP contribution < -0.4 is 10.1 Å². The number of carbonyl (C=O) groups is 2. The number of fused-ring (bicyclic) bond motifs is 1. The van der Waals surface area contributed by atoms with Crippen molar-refractivity contribution in [1.29, 1.82) is 0 Å². The van der Waals surface area contributed by atoms with Crippen molar-refractivity contribution < 1.29 is 23.8 Å². The third-order valence-corrected chi connectivity index (χ3v) is 5.79. The van der Waals surface area contributed by atoms with Gasteiger partial charge in [0, 0.05) is 10.9 Å². The minimum Gasteiger partial charge on any atom is -0.497 e. The standard InChI is InChI=1S/C19H20FNO4S/c1-19(2)7-6-12-14(9-19)26-17(15(12)18(23)24)21-16(22)11-5-4-10(25-3)8-13(11)20/h4-5,8H,6-7,9H2,1-3H3,(H,21,22)(H,23,24). The Morgan fingerprint density at radius 2 is 2.08 bits per heavy atom. The van der Waals surface area contributed by atoms with Gasteiger partial charge < -0.3 is 15.2 Å². The normalized spacial score (nSPS) is 15.2. The number of benzene rings is 1. The number of carboxylic acid groups (broad SMARTS) is 1. The number of halogens is 1. The quantitative estimate of drug-likeness (QED) is 0.830. The van der Waals surface area contributed by atoms with Gasteiger partial charge in [0.25, 0.3) is 5.91 Å². The van der Waals surface area contributed by atoms with Gasteiger partial charge in [-0.3, -0.25) is 4.79 Å². The monoisotopic (exact) mass is 377 g/mol. The maximum Gasteiger partial charge on any atom is 0.339 e. The van der Waals surface area contributed by atoms with Crippen molar-refractivity contribution in [3.05, 3.63) is 45.6 Å². The largest absolute Gasteiger partial charge is 0.497 e. The maximum atomic E-state index is 14.1. The van der Waals surface area contributed by atoms with Crippen LogP contribution >= 0.6 is 11.3 Å². The summed E-state index contributed by atoms with van der Waals surface area (Å²) in [5, 5.41) is 12.5. The van der Waals surface area contributed by atoms with Gasteiger partial charge in [0.1, 0.15) is 16.6 Å². The molecule has 7 heteroatoms. The van der Waals surface area contributed by atoms with Gasteiger partial charge in [0.15, 0.2) is 0 Å². The van der Waals surface area contributed by atoms with E-state index in [0.29, 0.717) is 12.2 Å². The van der Waals surface area contributed by atoms with Crippen molar-refractivity contribution in [3.63, 3.8) is 0 Å². The zero-order valence-electron chi connectivity index (χ0n) is 14.8. The molecule has 2 N–H and O–H groups in total. The number of aromatic carboxylic acids is 1. The topological polar surface area (TPSA) is 75.6 Å². The predicted molar refractivity (Wildman–Crippen MR) is 98.0 cm³/mol. The Morgan fingerprint density at radius 3 is 2.69 bits per heavy atom. The summed E-state index contributed by atoms with van der Waals surface area (Å²) < 4.78 is 19.0. The predicted octanol–water partition coefficient (Wildman–Crippen LogP) is 4.36. The first-order chi connectivity index (χ1) is 12.2. The number of nitrogens with one attached hydrogen (secondary N) is 1. The van der Waals surface area contributed by atoms with Crippen LogP contribution in [0.2, 0.25) is 0 Å². The van der Waals surface area contributed by atoms with E-state index in [1.165, 1.54) is 30.6 Å². The van der Waals surface area contributed by atoms with E-state index in [-0.39, 0.29) is 21.5 Å². The zero-order chi connectivity index (χ0) is 19.1. The number of hydrogen-bond donors (Lipinski definition) is 2. The van der Waals surface area contributed by atoms with E-state index in [1.54, 1.807) is 0 Å². The summed E-state index contributed by atoms with van der Waals surface area (Å²) in [6.45, 7) is 4.28. The molecule has 138 valence electrons. The van der Waals surface area contributed by atoms with E-state index < -0.39 is 17.7 Å². The summed E-state index contributed by atoms with van der Waals surface area (Å²) in [4.78, 5) is 25.2. The van der Waals surface area contributed by atoms with E-state index in [4.69, 9.17) is 4.74 Å². The molecule has 0 spiro atoms. The lowest BCUT2D eigenvalue weighted by atomic mass is 9.77. The second-order valence-electron chi connectivity index (χ2n) is 7.15. The average Bonchev–Trinajstić information content (AvgIpc) is 2.90. The van der Waals surface area contributed by atoms with E-state index in [1.807, 2.05) is 0 Å². The molecule has 1 aliphatic rings. The number of methoxy groups -OCH3 is 1. The molecule has 1 amide bonds. The van der Waals surface area contributed by atoms with Gasteiger partial charge in [-0.2, -0.15) is 0 Å². The number of rotatable bonds is 4. The van der Waals surface area contributed by atoms with Gasteiger partial charge in [-0.15, -0.1) is 11.3 Å². The fourth-order valence-corrected chi connectivity index (χ4v) is 4.69. The Balaban J connectivity index is 1.94. The van der Waals surface area contributed by atoms with E-state index in [2.05, 4.69) is 19.2 Å². The fourth-order valence-electron chi connectivity index (χ4n) is 3.20. The Labute approximate surface area is 154 Å². The Morgan fingerprint density at radius 1 is 1.35 bits per heavy atom. The van der Waals surface area contributed by atoms with Crippen LogP contribution in [0.4, 0.5) is 9.39 Å². The first kappa shape index (κ1) is 18.4. The van der Waals surface area contributed by atoms with Gasteiger partial charge in [-0.25, -0.2) is 9.18 Å². The van der Waals surface area contributed by atoms with Crippen molar-refractivity contribution in [2.24, 2.45) is 5.41 Å². The molecule has 0 unspecified atom stereocenters. The number of ether oxygens (including phenoxy) is 1. The third kappa shape index (κ3) is 3.44. The lowest BCUT2D eigenvalue weighted by molar-refractivity contribution is 0.0696. The number of amides is 1. The molecule has 1 aromatic heterocycles. The molecule has 0 saturated heterocycles. The summed E-state index contributed by atoms with van der Waals surface area (Å²) in [5.74, 6) is -2.17. The highest BCUT2D eigenvalue weighted by Gasteiger charge is 2.33. The molecule has 0 atom stereocenters. The number of hydrogen-bond acceptors (Lipinski definition) is 4. The van der Waals surface area contributed by atoms with Crippen molar-refractivity contribution in [1.82, 2.24) is 0 Å². The molecule has 0 bridgehead atoms. The molecule has 0 fully saturated rings. The second kappa shape index (κ2) is 6.72. The fraction of sp³-hybridized carbons (Fsp3) is 0.368. The van der Waals surface area contributed by atoms with Crippen LogP contribution in [0.3, 0.4) is 0 Å². The smallest absolute Gasteiger partial charge is 0.339 e. The van der Waals surface area contributed by atoms with Gasteiger partial charge in [-0.05, 0) is 42.4 Å². The molecule has 1 aromatic carbocycles. The summed E-state index contributed by atoms with van der Waals surface area (Å²) in [5.41, 5.74) is 0.848. The van der Waals surface area contributed by atoms with Crippen LogP contribution in [0.5, 0.6) is 5.75 Å². The number of anilines is 1. The minimum absolute atomic E-state index is 0.0942. The zero-order valence-corrected chi connectivity index (χ0v) is 15.6. The SMILES string of the molecule is COc1ccc(C(=O)Nc2sc3c(c2C(=O)O)CCC(C)(C)C3)c(F)c1. The Kier molecular flexibility index (Phi) is 4.75. The van der Waals surface area contributed by atoms with Crippen LogP contribution in [-0.2, 0) is 12.8 Å². The molecule has 0 aliphatic heterocycles. The van der Waals surface area contributed by atoms with Crippen molar-refractivity contribution in [2.75, 3.05) is 12.4 Å². The number of thiophene rings is 1. The number of carbonyl (C=O) groups excluding carboxylic acids is 1. The molecule has 0 saturated carbocycles. The highest BCUT2D eigenvalue weighted by atomic mass is 32.1. The molecular weight excluding hydrogens is 357 g/mol. The highest BCUT2D eigenvalue weighted by molar-refractivity contribution is 7.17. The minimum atomic E-state index is -1.08. The molecular formula is C19H20FNO4S. The highest BCUT2D eigenvalue weighted by Crippen LogP contribution is 2.43. The molecule has 2 aromatic rings. The van der Waals surface area contributed by atoms with Crippen LogP contribution in [0.25, 0.3) is 0 Å². The lowest BCUT2D eigenvalue weighted by Crippen LogP contribution is -2.22. The summed E-state index contributed by atoms with van der Waals surface area (Å²) >= 11 is 1.27. The van der Waals surface area contributed by atoms with Crippen LogP contribution in [0, 0.1) is 11.2 Å². The second-order valence-corrected chi connectivity index (χ2v) is 8.26. The van der Waals surface area contributed by atoms with Crippen molar-refractivity contribution >= 4 is 28.2 Å². The maximum absolute atomic E-state index is 14.1. The van der Waals surface area contributed by atoms with Gasteiger partial charge in [-0.1, -0.05) is 13.8 Å². The Bertz CT molecular complexity index is 888. The van der Waals surface area contributed by atoms with Gasteiger partial charge >= 0.3 is 5.97 Å². The van der Waals surface area contributed by atoms with Crippen molar-refractivity contribution in [3.8, 4) is 5.75 Å². The van der Waals surface area contributed by atoms with E-state index in [0.717, 1.165) is 29.3 Å². The van der Waals surface area contributed by atoms with Crippen LogP contribution in [0.15, 0.2) is 18.2 Å². The lowest BCUT2D eigenvalue weighted by Gasteiger charge is -2.29. The molecule has 26 heavy (non-hydrogen) atoms. The first-order valence-electron chi connectivity index (χ1n) is 8.24. The molecule has 3 rings (SSSR count). The molecule has 1 aliphatic carbocycles.